The maximum atomic E-state index is 14.4. The maximum absolute atomic E-state index is 14.4. The Bertz CT molecular complexity index is 1790. The number of rotatable bonds is 34. The lowest BCUT2D eigenvalue weighted by Crippen LogP contribution is -2.53. The number of Topliss-reactive ketones (excluding diaryl/α,β-unsaturated/α-hetero) is 2. The molecule has 1 N–H and O–H groups in total. The summed E-state index contributed by atoms with van der Waals surface area (Å²) in [5.74, 6) is -3.45. The second-order valence-corrected chi connectivity index (χ2v) is 20.2. The highest BCUT2D eigenvalue weighted by atomic mass is 16.7. The van der Waals surface area contributed by atoms with Gasteiger partial charge in [-0.1, -0.05) is 85.2 Å². The fourth-order valence-electron chi connectivity index (χ4n) is 10.2. The van der Waals surface area contributed by atoms with Gasteiger partial charge in [-0.25, -0.2) is 4.79 Å². The standard InChI is InChI=1S/C53H87N5O12/c1-13-37(6)50(56(10)53(65)41(35(2)3)34-44(60)49(36(4)5)55(8)9)45(66-11)23-27-57-26-17-20-42(57)51(67-12)38(7)43(59)33-40(32-39-18-15-14-16-19-39)52(64)54-25-29-69-31-30-68-28-24-48(63)70-58-46(61)21-22-47(58)62/h14-16,18-19,35-38,40-42,45,49-51H,13,17,20-34H2,1-12H3,(H,54,64)/t37-,38+,40-,41?,42+,45-,49+,50+,51-/m1/s1. The van der Waals surface area contributed by atoms with Crippen LogP contribution < -0.4 is 5.32 Å². The van der Waals surface area contributed by atoms with Crippen LogP contribution in [0.4, 0.5) is 0 Å². The highest BCUT2D eigenvalue weighted by Crippen LogP contribution is 2.31. The highest BCUT2D eigenvalue weighted by Gasteiger charge is 2.42. The molecular formula is C53H87N5O12. The molecule has 0 bridgehead atoms. The molecule has 2 aliphatic rings. The smallest absolute Gasteiger partial charge is 0.335 e. The SMILES string of the molecule is CC[C@@H](C)[C@@H]([C@@H](CCN1CCC[C@H]1[C@H](OC)[C@@H](C)C(=O)C[C@@H](Cc1ccccc1)C(=O)NCCOCCOCCC(=O)ON1C(=O)CCC1=O)OC)N(C)C(=O)C(CC(=O)[C@H](C(C)C)N(C)C)C(C)C. The lowest BCUT2D eigenvalue weighted by Gasteiger charge is -2.41. The summed E-state index contributed by atoms with van der Waals surface area (Å²) < 4.78 is 23.4. The van der Waals surface area contributed by atoms with E-state index < -0.39 is 41.6 Å². The third-order valence-electron chi connectivity index (χ3n) is 14.2. The van der Waals surface area contributed by atoms with Gasteiger partial charge in [-0.2, -0.15) is 0 Å². The maximum Gasteiger partial charge on any atom is 0.335 e. The Labute approximate surface area is 418 Å². The van der Waals surface area contributed by atoms with Crippen molar-refractivity contribution in [1.82, 2.24) is 25.1 Å². The zero-order valence-electron chi connectivity index (χ0n) is 44.4. The summed E-state index contributed by atoms with van der Waals surface area (Å²) in [6.07, 6.45) is 3.10. The number of ketones is 2. The fourth-order valence-corrected chi connectivity index (χ4v) is 10.2. The van der Waals surface area contributed by atoms with Gasteiger partial charge in [0, 0.05) is 83.8 Å². The third kappa shape index (κ3) is 18.2. The van der Waals surface area contributed by atoms with Gasteiger partial charge in [0.2, 0.25) is 11.8 Å². The zero-order valence-corrected chi connectivity index (χ0v) is 44.4. The van der Waals surface area contributed by atoms with Crippen molar-refractivity contribution in [3.8, 4) is 0 Å². The van der Waals surface area contributed by atoms with Crippen LogP contribution in [-0.2, 0) is 63.8 Å². The van der Waals surface area contributed by atoms with Gasteiger partial charge in [-0.3, -0.25) is 38.6 Å². The van der Waals surface area contributed by atoms with E-state index >= 15 is 0 Å². The van der Waals surface area contributed by atoms with E-state index in [2.05, 4.69) is 24.1 Å². The molecule has 9 atom stereocenters. The van der Waals surface area contributed by atoms with Crippen molar-refractivity contribution in [3.63, 3.8) is 0 Å². The minimum absolute atomic E-state index is 0.0152. The number of carbonyl (C=O) groups is 7. The minimum atomic E-state index is -0.747. The van der Waals surface area contributed by atoms with Crippen molar-refractivity contribution >= 4 is 41.2 Å². The average molecular weight is 986 g/mol. The second kappa shape index (κ2) is 30.7. The number of ether oxygens (including phenoxy) is 4. The fraction of sp³-hybridized carbons (Fsp3) is 0.755. The van der Waals surface area contributed by atoms with E-state index in [1.54, 1.807) is 14.2 Å². The van der Waals surface area contributed by atoms with Gasteiger partial charge >= 0.3 is 5.97 Å². The Balaban J connectivity index is 1.60. The molecule has 0 aliphatic carbocycles. The number of methoxy groups -OCH3 is 2. The van der Waals surface area contributed by atoms with E-state index in [0.29, 0.717) is 24.4 Å². The van der Waals surface area contributed by atoms with Gasteiger partial charge in [0.15, 0.2) is 5.78 Å². The Morgan fingerprint density at radius 3 is 2.03 bits per heavy atom. The van der Waals surface area contributed by atoms with Crippen LogP contribution in [0.2, 0.25) is 0 Å². The highest BCUT2D eigenvalue weighted by molar-refractivity contribution is 6.01. The summed E-state index contributed by atoms with van der Waals surface area (Å²) >= 11 is 0. The van der Waals surface area contributed by atoms with Crippen LogP contribution in [0.15, 0.2) is 30.3 Å². The molecule has 70 heavy (non-hydrogen) atoms. The Hall–Kier alpha value is -4.13. The molecule has 396 valence electrons. The average Bonchev–Trinajstić information content (AvgIpc) is 3.92. The number of carbonyl (C=O) groups excluding carboxylic acids is 7. The molecule has 0 radical (unpaired) electrons. The number of benzene rings is 1. The van der Waals surface area contributed by atoms with E-state index in [4.69, 9.17) is 23.8 Å². The molecule has 2 heterocycles. The van der Waals surface area contributed by atoms with E-state index in [1.807, 2.05) is 95.9 Å². The molecule has 2 fully saturated rings. The molecule has 17 nitrogen and oxygen atoms in total. The lowest BCUT2D eigenvalue weighted by atomic mass is 9.83. The molecule has 1 unspecified atom stereocenters. The van der Waals surface area contributed by atoms with Gasteiger partial charge in [0.05, 0.1) is 57.1 Å². The van der Waals surface area contributed by atoms with Gasteiger partial charge in [-0.05, 0) is 69.6 Å². The van der Waals surface area contributed by atoms with Gasteiger partial charge < -0.3 is 34.0 Å². The topological polar surface area (TPSA) is 191 Å². The number of amides is 4. The van der Waals surface area contributed by atoms with Crippen molar-refractivity contribution in [2.24, 2.45) is 35.5 Å². The van der Waals surface area contributed by atoms with Crippen LogP contribution in [0.5, 0.6) is 0 Å². The number of likely N-dealkylation sites (tertiary alicyclic amines) is 1. The number of hydrogen-bond donors (Lipinski definition) is 1. The van der Waals surface area contributed by atoms with Gasteiger partial charge in [0.25, 0.3) is 11.8 Å². The number of nitrogens with zero attached hydrogens (tertiary/aromatic N) is 4. The first kappa shape index (κ1) is 60.2. The molecule has 4 amide bonds. The second-order valence-electron chi connectivity index (χ2n) is 20.2. The van der Waals surface area contributed by atoms with Crippen LogP contribution in [0.25, 0.3) is 0 Å². The molecule has 1 aromatic carbocycles. The molecule has 0 spiro atoms. The summed E-state index contributed by atoms with van der Waals surface area (Å²) in [5, 5.41) is 3.44. The number of likely N-dealkylation sites (N-methyl/N-ethyl adjacent to an activating group) is 2. The summed E-state index contributed by atoms with van der Waals surface area (Å²) in [6, 6.07) is 9.10. The Kier molecular flexibility index (Phi) is 26.4. The summed E-state index contributed by atoms with van der Waals surface area (Å²) in [7, 11) is 9.04. The first-order chi connectivity index (χ1) is 33.3. The molecule has 17 heteroatoms. The molecule has 1 aromatic rings. The van der Waals surface area contributed by atoms with Gasteiger partial charge in [-0.15, -0.1) is 5.06 Å². The predicted octanol–water partition coefficient (Wildman–Crippen LogP) is 5.16. The van der Waals surface area contributed by atoms with Crippen molar-refractivity contribution in [3.05, 3.63) is 35.9 Å². The van der Waals surface area contributed by atoms with Crippen LogP contribution in [0.3, 0.4) is 0 Å². The molecule has 0 saturated carbocycles. The molecule has 0 aromatic heterocycles. The van der Waals surface area contributed by atoms with E-state index in [9.17, 15) is 33.6 Å². The number of imide groups is 1. The largest absolute Gasteiger partial charge is 0.379 e. The minimum Gasteiger partial charge on any atom is -0.379 e. The van der Waals surface area contributed by atoms with Crippen LogP contribution >= 0.6 is 0 Å². The van der Waals surface area contributed by atoms with Crippen LogP contribution in [0.1, 0.15) is 112 Å². The van der Waals surface area contributed by atoms with E-state index in [-0.39, 0.29) is 130 Å². The van der Waals surface area contributed by atoms with Crippen molar-refractivity contribution in [1.29, 1.82) is 0 Å². The van der Waals surface area contributed by atoms with Crippen LogP contribution in [-0.4, -0.2) is 173 Å². The first-order valence-corrected chi connectivity index (χ1v) is 25.6. The van der Waals surface area contributed by atoms with Crippen molar-refractivity contribution < 1.29 is 57.3 Å². The van der Waals surface area contributed by atoms with Crippen molar-refractivity contribution in [2.45, 2.75) is 143 Å². The quantitative estimate of drug-likeness (QED) is 0.0704. The van der Waals surface area contributed by atoms with Gasteiger partial charge in [0.1, 0.15) is 5.78 Å². The summed E-state index contributed by atoms with van der Waals surface area (Å²) in [4.78, 5) is 102. The molecular weight excluding hydrogens is 899 g/mol. The number of nitrogens with one attached hydrogen (secondary N) is 1. The normalized spacial score (nSPS) is 19.0. The van der Waals surface area contributed by atoms with E-state index in [0.717, 1.165) is 31.4 Å². The Morgan fingerprint density at radius 1 is 0.814 bits per heavy atom. The van der Waals surface area contributed by atoms with E-state index in [1.165, 1.54) is 0 Å². The van der Waals surface area contributed by atoms with Crippen molar-refractivity contribution in [2.75, 3.05) is 81.4 Å². The Morgan fingerprint density at radius 2 is 1.46 bits per heavy atom. The third-order valence-corrected chi connectivity index (χ3v) is 14.2. The molecule has 3 rings (SSSR count). The molecule has 2 aliphatic heterocycles. The number of hydrogen-bond acceptors (Lipinski definition) is 14. The lowest BCUT2D eigenvalue weighted by molar-refractivity contribution is -0.198. The zero-order chi connectivity index (χ0) is 52.1. The summed E-state index contributed by atoms with van der Waals surface area (Å²) in [6.45, 7) is 16.6. The number of hydroxylamine groups is 2. The molecule has 2 saturated heterocycles. The predicted molar refractivity (Wildman–Crippen MR) is 266 cm³/mol. The monoisotopic (exact) mass is 986 g/mol. The van der Waals surface area contributed by atoms with Crippen LogP contribution in [0, 0.1) is 35.5 Å². The first-order valence-electron chi connectivity index (χ1n) is 25.6. The summed E-state index contributed by atoms with van der Waals surface area (Å²) in [5.41, 5.74) is 0.942.